The summed E-state index contributed by atoms with van der Waals surface area (Å²) in [6.07, 6.45) is 1.94. The number of rotatable bonds is 7. The lowest BCUT2D eigenvalue weighted by Gasteiger charge is -2.28. The summed E-state index contributed by atoms with van der Waals surface area (Å²) in [7, 11) is -3.82. The Bertz CT molecular complexity index is 850. The first-order valence-corrected chi connectivity index (χ1v) is 11.2. The van der Waals surface area contributed by atoms with E-state index < -0.39 is 22.1 Å². The number of piperidine rings is 1. The van der Waals surface area contributed by atoms with E-state index in [0.717, 1.165) is 19.3 Å². The van der Waals surface area contributed by atoms with Crippen LogP contribution in [0.1, 0.15) is 32.6 Å². The Labute approximate surface area is 170 Å². The number of amides is 1. The summed E-state index contributed by atoms with van der Waals surface area (Å²) < 4.78 is 43.1. The fourth-order valence-corrected chi connectivity index (χ4v) is 4.29. The molecule has 1 aromatic rings. The molecule has 0 spiro atoms. The van der Waals surface area contributed by atoms with Gasteiger partial charge in [0.05, 0.1) is 11.3 Å². The molecule has 2 aliphatic rings. The molecule has 0 unspecified atom stereocenters. The van der Waals surface area contributed by atoms with Gasteiger partial charge in [-0.3, -0.25) is 9.59 Å². The number of carbonyl (C=O) groups is 2. The number of ether oxygens (including phenoxy) is 3. The van der Waals surface area contributed by atoms with Crippen molar-refractivity contribution < 1.29 is 32.2 Å². The molecule has 9 nitrogen and oxygen atoms in total. The zero-order chi connectivity index (χ0) is 20.9. The summed E-state index contributed by atoms with van der Waals surface area (Å²) in [5.41, 5.74) is 0. The Morgan fingerprint density at radius 3 is 2.55 bits per heavy atom. The van der Waals surface area contributed by atoms with Gasteiger partial charge in [0.2, 0.25) is 10.0 Å². The van der Waals surface area contributed by atoms with E-state index in [-0.39, 0.29) is 23.8 Å². The van der Waals surface area contributed by atoms with Crippen LogP contribution < -0.4 is 14.2 Å². The number of likely N-dealkylation sites (tertiary alicyclic amines) is 1. The van der Waals surface area contributed by atoms with Crippen LogP contribution in [0.15, 0.2) is 23.1 Å². The van der Waals surface area contributed by atoms with Crippen LogP contribution in [0.25, 0.3) is 0 Å². The number of carbonyl (C=O) groups excluding carboxylic acids is 2. The van der Waals surface area contributed by atoms with Gasteiger partial charge in [-0.1, -0.05) is 0 Å². The summed E-state index contributed by atoms with van der Waals surface area (Å²) in [6.45, 7) is 3.52. The van der Waals surface area contributed by atoms with Crippen molar-refractivity contribution >= 4 is 21.9 Å². The lowest BCUT2D eigenvalue weighted by molar-refractivity contribution is -0.159. The minimum absolute atomic E-state index is 0.0174. The number of nitrogens with one attached hydrogen (secondary N) is 1. The van der Waals surface area contributed by atoms with Crippen molar-refractivity contribution in [2.24, 2.45) is 0 Å². The van der Waals surface area contributed by atoms with Crippen LogP contribution in [-0.4, -0.2) is 64.1 Å². The van der Waals surface area contributed by atoms with E-state index in [2.05, 4.69) is 4.72 Å². The third kappa shape index (κ3) is 5.60. The molecule has 2 aliphatic heterocycles. The number of fused-ring (bicyclic) bond motifs is 1. The standard InChI is InChI=1S/C19H26N2O7S/c1-14(19(23)21-9-3-2-4-10-21)28-18(22)7-8-20-29(24,25)15-5-6-16-17(13-15)27-12-11-26-16/h5-6,13-14,20H,2-4,7-12H2,1H3/t14-/m0/s1. The molecule has 1 amide bonds. The highest BCUT2D eigenvalue weighted by Gasteiger charge is 2.25. The second kappa shape index (κ2) is 9.45. The van der Waals surface area contributed by atoms with E-state index in [1.807, 2.05) is 0 Å². The largest absolute Gasteiger partial charge is 0.486 e. The van der Waals surface area contributed by atoms with Gasteiger partial charge in [0.25, 0.3) is 5.91 Å². The monoisotopic (exact) mass is 426 g/mol. The predicted octanol–water partition coefficient (Wildman–Crippen LogP) is 1.07. The van der Waals surface area contributed by atoms with E-state index >= 15 is 0 Å². The fourth-order valence-electron chi connectivity index (χ4n) is 3.24. The maximum absolute atomic E-state index is 12.4. The Morgan fingerprint density at radius 1 is 1.14 bits per heavy atom. The van der Waals surface area contributed by atoms with Gasteiger partial charge in [0.1, 0.15) is 13.2 Å². The Kier molecular flexibility index (Phi) is 6.96. The zero-order valence-electron chi connectivity index (χ0n) is 16.4. The van der Waals surface area contributed by atoms with Gasteiger partial charge in [0.15, 0.2) is 17.6 Å². The molecule has 160 valence electrons. The second-order valence-electron chi connectivity index (χ2n) is 6.97. The predicted molar refractivity (Wildman–Crippen MR) is 103 cm³/mol. The molecule has 29 heavy (non-hydrogen) atoms. The number of benzene rings is 1. The zero-order valence-corrected chi connectivity index (χ0v) is 17.2. The van der Waals surface area contributed by atoms with Crippen molar-refractivity contribution in [1.82, 2.24) is 9.62 Å². The van der Waals surface area contributed by atoms with E-state index in [0.29, 0.717) is 37.8 Å². The first kappa shape index (κ1) is 21.4. The average Bonchev–Trinajstić information content (AvgIpc) is 2.73. The average molecular weight is 426 g/mol. The van der Waals surface area contributed by atoms with Crippen molar-refractivity contribution in [2.75, 3.05) is 32.8 Å². The van der Waals surface area contributed by atoms with Crippen molar-refractivity contribution in [1.29, 1.82) is 0 Å². The number of esters is 1. The molecular formula is C19H26N2O7S. The summed E-state index contributed by atoms with van der Waals surface area (Å²) in [5, 5.41) is 0. The SMILES string of the molecule is C[C@H](OC(=O)CCNS(=O)(=O)c1ccc2c(c1)OCCO2)C(=O)N1CCCCC1. The number of nitrogens with zero attached hydrogens (tertiary/aromatic N) is 1. The van der Waals surface area contributed by atoms with Gasteiger partial charge in [-0.25, -0.2) is 13.1 Å². The smallest absolute Gasteiger partial charge is 0.307 e. The highest BCUT2D eigenvalue weighted by molar-refractivity contribution is 7.89. The van der Waals surface area contributed by atoms with E-state index in [4.69, 9.17) is 14.2 Å². The van der Waals surface area contributed by atoms with Crippen LogP contribution in [0.3, 0.4) is 0 Å². The lowest BCUT2D eigenvalue weighted by Crippen LogP contribution is -2.42. The molecule has 3 rings (SSSR count). The molecule has 1 atom stereocenters. The van der Waals surface area contributed by atoms with Crippen LogP contribution >= 0.6 is 0 Å². The first-order valence-electron chi connectivity index (χ1n) is 9.74. The van der Waals surface area contributed by atoms with Crippen molar-refractivity contribution in [3.63, 3.8) is 0 Å². The summed E-state index contributed by atoms with van der Waals surface area (Å²) in [6, 6.07) is 4.33. The van der Waals surface area contributed by atoms with Gasteiger partial charge in [-0.05, 0) is 38.3 Å². The van der Waals surface area contributed by atoms with Crippen molar-refractivity contribution in [3.8, 4) is 11.5 Å². The Morgan fingerprint density at radius 2 is 1.83 bits per heavy atom. The molecule has 0 aromatic heterocycles. The summed E-state index contributed by atoms with van der Waals surface area (Å²) >= 11 is 0. The molecule has 1 fully saturated rings. The molecule has 10 heteroatoms. The normalized spacial score (nSPS) is 17.5. The van der Waals surface area contributed by atoms with Crippen LogP contribution in [0.4, 0.5) is 0 Å². The molecular weight excluding hydrogens is 400 g/mol. The molecule has 1 saturated heterocycles. The van der Waals surface area contributed by atoms with Gasteiger partial charge >= 0.3 is 5.97 Å². The third-order valence-corrected chi connectivity index (χ3v) is 6.23. The van der Waals surface area contributed by atoms with Crippen LogP contribution in [0, 0.1) is 0 Å². The van der Waals surface area contributed by atoms with Crippen LogP contribution in [0.2, 0.25) is 0 Å². The molecule has 0 bridgehead atoms. The van der Waals surface area contributed by atoms with Crippen molar-refractivity contribution in [3.05, 3.63) is 18.2 Å². The fraction of sp³-hybridized carbons (Fsp3) is 0.579. The van der Waals surface area contributed by atoms with E-state index in [9.17, 15) is 18.0 Å². The van der Waals surface area contributed by atoms with E-state index in [1.54, 1.807) is 4.90 Å². The number of sulfonamides is 1. The maximum Gasteiger partial charge on any atom is 0.307 e. The quantitative estimate of drug-likeness (QED) is 0.649. The first-order chi connectivity index (χ1) is 13.9. The van der Waals surface area contributed by atoms with Gasteiger partial charge in [-0.15, -0.1) is 0 Å². The lowest BCUT2D eigenvalue weighted by atomic mass is 10.1. The number of hydrogen-bond donors (Lipinski definition) is 1. The Balaban J connectivity index is 1.47. The molecule has 2 heterocycles. The summed E-state index contributed by atoms with van der Waals surface area (Å²) in [4.78, 5) is 26.0. The van der Waals surface area contributed by atoms with Crippen LogP contribution in [0.5, 0.6) is 11.5 Å². The highest BCUT2D eigenvalue weighted by Crippen LogP contribution is 2.32. The molecule has 0 radical (unpaired) electrons. The molecule has 1 N–H and O–H groups in total. The minimum atomic E-state index is -3.82. The van der Waals surface area contributed by atoms with E-state index in [1.165, 1.54) is 25.1 Å². The second-order valence-corrected chi connectivity index (χ2v) is 8.74. The minimum Gasteiger partial charge on any atom is -0.486 e. The molecule has 0 saturated carbocycles. The third-order valence-electron chi connectivity index (χ3n) is 4.77. The molecule has 0 aliphatic carbocycles. The van der Waals surface area contributed by atoms with Gasteiger partial charge in [-0.2, -0.15) is 0 Å². The van der Waals surface area contributed by atoms with Crippen molar-refractivity contribution in [2.45, 2.75) is 43.6 Å². The van der Waals surface area contributed by atoms with Crippen LogP contribution in [-0.2, 0) is 24.3 Å². The highest BCUT2D eigenvalue weighted by atomic mass is 32.2. The number of hydrogen-bond acceptors (Lipinski definition) is 7. The van der Waals surface area contributed by atoms with Gasteiger partial charge < -0.3 is 19.1 Å². The topological polar surface area (TPSA) is 111 Å². The van der Waals surface area contributed by atoms with Gasteiger partial charge in [0, 0.05) is 25.7 Å². The molecule has 1 aromatic carbocycles. The maximum atomic E-state index is 12.4. The summed E-state index contributed by atoms with van der Waals surface area (Å²) in [5.74, 6) is 0.0114. The Hall–Kier alpha value is -2.33.